The third-order valence-corrected chi connectivity index (χ3v) is 5.98. The molecule has 150 valence electrons. The molecule has 0 bridgehead atoms. The molecule has 1 aliphatic rings. The number of pyridine rings is 1. The van der Waals surface area contributed by atoms with Crippen molar-refractivity contribution in [2.24, 2.45) is 0 Å². The molecule has 5 nitrogen and oxygen atoms in total. The van der Waals surface area contributed by atoms with Crippen molar-refractivity contribution < 1.29 is 4.79 Å². The number of hydrogen-bond donors (Lipinski definition) is 1. The Hall–Kier alpha value is -1.92. The van der Waals surface area contributed by atoms with Crippen LogP contribution in [0.15, 0.2) is 51.9 Å². The Bertz CT molecular complexity index is 859. The van der Waals surface area contributed by atoms with Crippen molar-refractivity contribution in [2.45, 2.75) is 57.8 Å². The number of benzene rings is 1. The summed E-state index contributed by atoms with van der Waals surface area (Å²) < 4.78 is 2.12. The van der Waals surface area contributed by atoms with Crippen LogP contribution in [0.2, 0.25) is 0 Å². The molecule has 1 heterocycles. The van der Waals surface area contributed by atoms with E-state index in [0.717, 1.165) is 12.1 Å². The monoisotopic (exact) mass is 445 g/mol. The van der Waals surface area contributed by atoms with E-state index in [0.29, 0.717) is 17.1 Å². The summed E-state index contributed by atoms with van der Waals surface area (Å²) in [6.07, 6.45) is 8.17. The molecule has 1 aromatic carbocycles. The van der Waals surface area contributed by atoms with Crippen molar-refractivity contribution in [1.82, 2.24) is 14.8 Å². The molecule has 0 spiro atoms. The molecule has 0 unspecified atom stereocenters. The highest BCUT2D eigenvalue weighted by molar-refractivity contribution is 9.10. The minimum Gasteiger partial charge on any atom is -0.350 e. The van der Waals surface area contributed by atoms with Crippen molar-refractivity contribution in [3.8, 4) is 0 Å². The molecule has 1 aliphatic carbocycles. The van der Waals surface area contributed by atoms with Crippen molar-refractivity contribution in [1.29, 1.82) is 0 Å². The first kappa shape index (κ1) is 20.8. The van der Waals surface area contributed by atoms with Crippen LogP contribution in [-0.2, 0) is 24.4 Å². The summed E-state index contributed by atoms with van der Waals surface area (Å²) in [5, 5.41) is 2.95. The third-order valence-electron chi connectivity index (χ3n) is 5.48. The van der Waals surface area contributed by atoms with Gasteiger partial charge in [0.1, 0.15) is 6.54 Å². The normalized spacial score (nSPS) is 15.0. The molecule has 28 heavy (non-hydrogen) atoms. The standard InChI is InChI=1S/C22H28BrN3O2/c1-25(20-9-3-2-4-10-20)15-18-8-6-5-7-17(18)14-24-21(27)16-26-12-11-19(23)13-22(26)28/h5-8,11-13,20H,2-4,9-10,14-16H2,1H3,(H,24,27). The van der Waals surface area contributed by atoms with Gasteiger partial charge in [0.2, 0.25) is 5.91 Å². The van der Waals surface area contributed by atoms with E-state index >= 15 is 0 Å². The summed E-state index contributed by atoms with van der Waals surface area (Å²) in [5.74, 6) is -0.167. The van der Waals surface area contributed by atoms with E-state index in [9.17, 15) is 9.59 Å². The Morgan fingerprint density at radius 2 is 1.89 bits per heavy atom. The van der Waals surface area contributed by atoms with Crippen LogP contribution in [0.3, 0.4) is 0 Å². The third kappa shape index (κ3) is 5.79. The number of rotatable bonds is 7. The van der Waals surface area contributed by atoms with Crippen molar-refractivity contribution in [3.63, 3.8) is 0 Å². The molecule has 1 aromatic heterocycles. The van der Waals surface area contributed by atoms with Crippen molar-refractivity contribution in [3.05, 3.63) is 68.5 Å². The average Bonchev–Trinajstić information content (AvgIpc) is 2.70. The van der Waals surface area contributed by atoms with Crippen LogP contribution in [0.25, 0.3) is 0 Å². The fourth-order valence-electron chi connectivity index (χ4n) is 3.82. The van der Waals surface area contributed by atoms with Gasteiger partial charge < -0.3 is 9.88 Å². The van der Waals surface area contributed by atoms with E-state index in [2.05, 4.69) is 51.4 Å². The highest BCUT2D eigenvalue weighted by Gasteiger charge is 2.18. The molecule has 0 radical (unpaired) electrons. The van der Waals surface area contributed by atoms with E-state index in [1.807, 2.05) is 6.07 Å². The van der Waals surface area contributed by atoms with Crippen LogP contribution in [0, 0.1) is 0 Å². The first-order valence-corrected chi connectivity index (χ1v) is 10.7. The molecule has 1 amide bonds. The van der Waals surface area contributed by atoms with Gasteiger partial charge >= 0.3 is 0 Å². The lowest BCUT2D eigenvalue weighted by atomic mass is 9.94. The number of nitrogens with one attached hydrogen (secondary N) is 1. The summed E-state index contributed by atoms with van der Waals surface area (Å²) in [6, 6.07) is 12.1. The maximum atomic E-state index is 12.3. The summed E-state index contributed by atoms with van der Waals surface area (Å²) in [4.78, 5) is 26.7. The summed E-state index contributed by atoms with van der Waals surface area (Å²) >= 11 is 3.26. The van der Waals surface area contributed by atoms with Gasteiger partial charge in [-0.25, -0.2) is 0 Å². The summed E-state index contributed by atoms with van der Waals surface area (Å²) in [6.45, 7) is 1.39. The van der Waals surface area contributed by atoms with Gasteiger partial charge in [0.25, 0.3) is 5.56 Å². The Morgan fingerprint density at radius 1 is 1.18 bits per heavy atom. The molecule has 0 aliphatic heterocycles. The first-order chi connectivity index (χ1) is 13.5. The number of nitrogens with zero attached hydrogens (tertiary/aromatic N) is 2. The molecular formula is C22H28BrN3O2. The Balaban J connectivity index is 1.58. The number of hydrogen-bond acceptors (Lipinski definition) is 3. The van der Waals surface area contributed by atoms with Gasteiger partial charge in [0, 0.05) is 35.9 Å². The molecule has 1 fully saturated rings. The highest BCUT2D eigenvalue weighted by atomic mass is 79.9. The van der Waals surface area contributed by atoms with Crippen LogP contribution < -0.4 is 10.9 Å². The summed E-state index contributed by atoms with van der Waals surface area (Å²) in [7, 11) is 2.20. The second-order valence-electron chi connectivity index (χ2n) is 7.56. The second-order valence-corrected chi connectivity index (χ2v) is 8.48. The van der Waals surface area contributed by atoms with E-state index in [1.165, 1.54) is 48.3 Å². The van der Waals surface area contributed by atoms with Gasteiger partial charge in [-0.1, -0.05) is 59.5 Å². The van der Waals surface area contributed by atoms with Gasteiger partial charge in [-0.3, -0.25) is 14.5 Å². The van der Waals surface area contributed by atoms with E-state index < -0.39 is 0 Å². The second kappa shape index (κ2) is 10.0. The molecule has 3 rings (SSSR count). The minimum atomic E-state index is -0.195. The topological polar surface area (TPSA) is 54.3 Å². The SMILES string of the molecule is CN(Cc1ccccc1CNC(=O)Cn1ccc(Br)cc1=O)C1CCCCC1. The van der Waals surface area contributed by atoms with Crippen LogP contribution in [-0.4, -0.2) is 28.5 Å². The maximum Gasteiger partial charge on any atom is 0.252 e. The number of amides is 1. The molecule has 0 atom stereocenters. The van der Waals surface area contributed by atoms with Crippen LogP contribution in [0.5, 0.6) is 0 Å². The van der Waals surface area contributed by atoms with Gasteiger partial charge in [-0.2, -0.15) is 0 Å². The molecule has 6 heteroatoms. The molecular weight excluding hydrogens is 418 g/mol. The van der Waals surface area contributed by atoms with E-state index in [-0.39, 0.29) is 18.0 Å². The van der Waals surface area contributed by atoms with Gasteiger partial charge in [-0.15, -0.1) is 0 Å². The van der Waals surface area contributed by atoms with E-state index in [1.54, 1.807) is 12.3 Å². The zero-order chi connectivity index (χ0) is 19.9. The maximum absolute atomic E-state index is 12.3. The van der Waals surface area contributed by atoms with Crippen LogP contribution >= 0.6 is 15.9 Å². The predicted octanol–water partition coefficient (Wildman–Crippen LogP) is 3.69. The lowest BCUT2D eigenvalue weighted by Crippen LogP contribution is -2.34. The van der Waals surface area contributed by atoms with Gasteiger partial charge in [0.05, 0.1) is 0 Å². The van der Waals surface area contributed by atoms with Crippen LogP contribution in [0.4, 0.5) is 0 Å². The van der Waals surface area contributed by atoms with Gasteiger partial charge in [-0.05, 0) is 37.1 Å². The Morgan fingerprint density at radius 3 is 2.61 bits per heavy atom. The van der Waals surface area contributed by atoms with Crippen molar-refractivity contribution in [2.75, 3.05) is 7.05 Å². The quantitative estimate of drug-likeness (QED) is 0.706. The van der Waals surface area contributed by atoms with E-state index in [4.69, 9.17) is 0 Å². The number of halogens is 1. The Labute approximate surface area is 174 Å². The lowest BCUT2D eigenvalue weighted by molar-refractivity contribution is -0.121. The molecule has 0 saturated heterocycles. The number of aromatic nitrogens is 1. The summed E-state index contributed by atoms with van der Waals surface area (Å²) in [5.41, 5.74) is 2.18. The lowest BCUT2D eigenvalue weighted by Gasteiger charge is -2.31. The number of carbonyl (C=O) groups excluding carboxylic acids is 1. The Kier molecular flexibility index (Phi) is 7.45. The average molecular weight is 446 g/mol. The zero-order valence-electron chi connectivity index (χ0n) is 16.4. The largest absolute Gasteiger partial charge is 0.350 e. The highest BCUT2D eigenvalue weighted by Crippen LogP contribution is 2.23. The fraction of sp³-hybridized carbons (Fsp3) is 0.455. The minimum absolute atomic E-state index is 0.0241. The van der Waals surface area contributed by atoms with Crippen LogP contribution in [0.1, 0.15) is 43.2 Å². The number of carbonyl (C=O) groups is 1. The molecule has 1 N–H and O–H groups in total. The smallest absolute Gasteiger partial charge is 0.252 e. The predicted molar refractivity (Wildman–Crippen MR) is 115 cm³/mol. The molecule has 2 aromatic rings. The zero-order valence-corrected chi connectivity index (χ0v) is 18.0. The first-order valence-electron chi connectivity index (χ1n) is 9.92. The van der Waals surface area contributed by atoms with Crippen molar-refractivity contribution >= 4 is 21.8 Å². The molecule has 1 saturated carbocycles. The fourth-order valence-corrected chi connectivity index (χ4v) is 4.14. The van der Waals surface area contributed by atoms with Gasteiger partial charge in [0.15, 0.2) is 0 Å².